The van der Waals surface area contributed by atoms with E-state index >= 15 is 0 Å². The van der Waals surface area contributed by atoms with Gasteiger partial charge in [0.1, 0.15) is 0 Å². The van der Waals surface area contributed by atoms with E-state index in [0.717, 1.165) is 25.9 Å². The average Bonchev–Trinajstić information content (AvgIpc) is 2.19. The summed E-state index contributed by atoms with van der Waals surface area (Å²) in [5.74, 6) is 0.302. The van der Waals surface area contributed by atoms with Gasteiger partial charge >= 0.3 is 0 Å². The van der Waals surface area contributed by atoms with Crippen LogP contribution in [0.2, 0.25) is 0 Å². The summed E-state index contributed by atoms with van der Waals surface area (Å²) in [6.45, 7) is 7.42. The van der Waals surface area contributed by atoms with Crippen molar-refractivity contribution in [2.24, 2.45) is 5.92 Å². The van der Waals surface area contributed by atoms with Crippen LogP contribution in [0.15, 0.2) is 12.7 Å². The van der Waals surface area contributed by atoms with Crippen molar-refractivity contribution < 1.29 is 4.79 Å². The van der Waals surface area contributed by atoms with Crippen LogP contribution in [0.1, 0.15) is 19.8 Å². The molecule has 0 radical (unpaired) electrons. The van der Waals surface area contributed by atoms with E-state index < -0.39 is 0 Å². The molecular formula is C10H18N2O. The minimum absolute atomic E-state index is 0.0782. The van der Waals surface area contributed by atoms with Gasteiger partial charge in [-0.2, -0.15) is 0 Å². The van der Waals surface area contributed by atoms with E-state index in [-0.39, 0.29) is 17.9 Å². The fourth-order valence-corrected chi connectivity index (χ4v) is 1.48. The number of rotatable bonds is 3. The van der Waals surface area contributed by atoms with E-state index in [1.54, 1.807) is 6.08 Å². The Morgan fingerprint density at radius 2 is 2.54 bits per heavy atom. The topological polar surface area (TPSA) is 41.1 Å². The molecule has 0 spiro atoms. The van der Waals surface area contributed by atoms with Gasteiger partial charge in [0.2, 0.25) is 5.91 Å². The summed E-state index contributed by atoms with van der Waals surface area (Å²) in [5.41, 5.74) is 0. The van der Waals surface area contributed by atoms with Crippen LogP contribution in [-0.2, 0) is 4.79 Å². The molecule has 0 aromatic heterocycles. The summed E-state index contributed by atoms with van der Waals surface area (Å²) in [6, 6.07) is 0.0782. The maximum atomic E-state index is 11.6. The second kappa shape index (κ2) is 5.02. The van der Waals surface area contributed by atoms with E-state index in [9.17, 15) is 4.79 Å². The van der Waals surface area contributed by atoms with E-state index in [1.165, 1.54) is 0 Å². The Kier molecular flexibility index (Phi) is 3.96. The molecule has 3 heteroatoms. The van der Waals surface area contributed by atoms with Crippen molar-refractivity contribution in [3.05, 3.63) is 12.7 Å². The Morgan fingerprint density at radius 3 is 3.08 bits per heavy atom. The zero-order chi connectivity index (χ0) is 9.68. The normalized spacial score (nSPS) is 24.8. The Bertz CT molecular complexity index is 185. The number of hydrogen-bond acceptors (Lipinski definition) is 2. The lowest BCUT2D eigenvalue weighted by atomic mass is 9.98. The van der Waals surface area contributed by atoms with Crippen LogP contribution in [-0.4, -0.2) is 25.0 Å². The van der Waals surface area contributed by atoms with Crippen molar-refractivity contribution in [2.75, 3.05) is 13.1 Å². The van der Waals surface area contributed by atoms with Gasteiger partial charge in [-0.1, -0.05) is 6.08 Å². The molecule has 1 fully saturated rings. The van der Waals surface area contributed by atoms with Gasteiger partial charge in [-0.25, -0.2) is 0 Å². The number of nitrogens with one attached hydrogen (secondary N) is 2. The molecule has 1 saturated heterocycles. The quantitative estimate of drug-likeness (QED) is 0.630. The van der Waals surface area contributed by atoms with Gasteiger partial charge < -0.3 is 10.6 Å². The maximum Gasteiger partial charge on any atom is 0.224 e. The first kappa shape index (κ1) is 10.3. The van der Waals surface area contributed by atoms with Crippen molar-refractivity contribution in [1.29, 1.82) is 0 Å². The van der Waals surface area contributed by atoms with Crippen LogP contribution in [0.5, 0.6) is 0 Å². The number of piperidine rings is 1. The summed E-state index contributed by atoms with van der Waals surface area (Å²) in [4.78, 5) is 11.6. The summed E-state index contributed by atoms with van der Waals surface area (Å²) in [6.07, 6.45) is 3.84. The molecule has 13 heavy (non-hydrogen) atoms. The molecular weight excluding hydrogens is 164 g/mol. The molecule has 1 amide bonds. The third-order valence-corrected chi connectivity index (χ3v) is 2.39. The highest BCUT2D eigenvalue weighted by molar-refractivity contribution is 5.79. The smallest absolute Gasteiger partial charge is 0.224 e. The molecule has 0 saturated carbocycles. The zero-order valence-electron chi connectivity index (χ0n) is 8.18. The fourth-order valence-electron chi connectivity index (χ4n) is 1.48. The minimum atomic E-state index is 0.0782. The monoisotopic (exact) mass is 182 g/mol. The van der Waals surface area contributed by atoms with E-state index in [1.807, 2.05) is 6.92 Å². The zero-order valence-corrected chi connectivity index (χ0v) is 8.18. The Morgan fingerprint density at radius 1 is 1.77 bits per heavy atom. The predicted molar refractivity (Wildman–Crippen MR) is 53.4 cm³/mol. The Labute approximate surface area is 79.6 Å². The molecule has 74 valence electrons. The van der Waals surface area contributed by atoms with Crippen LogP contribution in [0.25, 0.3) is 0 Å². The molecule has 1 heterocycles. The van der Waals surface area contributed by atoms with Crippen molar-refractivity contribution in [3.63, 3.8) is 0 Å². The summed E-state index contributed by atoms with van der Waals surface area (Å²) < 4.78 is 0. The largest absolute Gasteiger partial charge is 0.350 e. The molecule has 0 aliphatic carbocycles. The minimum Gasteiger partial charge on any atom is -0.350 e. The first-order valence-corrected chi connectivity index (χ1v) is 4.87. The lowest BCUT2D eigenvalue weighted by molar-refractivity contribution is -0.125. The highest BCUT2D eigenvalue weighted by Crippen LogP contribution is 2.09. The van der Waals surface area contributed by atoms with Crippen LogP contribution < -0.4 is 10.6 Å². The van der Waals surface area contributed by atoms with Crippen LogP contribution in [0.4, 0.5) is 0 Å². The Balaban J connectivity index is 2.32. The molecule has 1 aliphatic rings. The summed E-state index contributed by atoms with van der Waals surface area (Å²) >= 11 is 0. The number of carbonyl (C=O) groups is 1. The third kappa shape index (κ3) is 3.19. The SMILES string of the molecule is C=CC(C)NC(=O)C1CCCNC1. The van der Waals surface area contributed by atoms with Crippen molar-refractivity contribution in [2.45, 2.75) is 25.8 Å². The maximum absolute atomic E-state index is 11.6. The Hall–Kier alpha value is -0.830. The third-order valence-electron chi connectivity index (χ3n) is 2.39. The molecule has 2 N–H and O–H groups in total. The van der Waals surface area contributed by atoms with Gasteiger partial charge in [0.15, 0.2) is 0 Å². The van der Waals surface area contributed by atoms with Crippen molar-refractivity contribution >= 4 is 5.91 Å². The van der Waals surface area contributed by atoms with Crippen LogP contribution >= 0.6 is 0 Å². The van der Waals surface area contributed by atoms with Gasteiger partial charge in [0.25, 0.3) is 0 Å². The summed E-state index contributed by atoms with van der Waals surface area (Å²) in [7, 11) is 0. The van der Waals surface area contributed by atoms with Gasteiger partial charge in [-0.05, 0) is 26.3 Å². The average molecular weight is 182 g/mol. The van der Waals surface area contributed by atoms with Gasteiger partial charge in [0.05, 0.1) is 5.92 Å². The molecule has 0 aromatic rings. The molecule has 1 aliphatic heterocycles. The number of carbonyl (C=O) groups excluding carboxylic acids is 1. The van der Waals surface area contributed by atoms with E-state index in [4.69, 9.17) is 0 Å². The molecule has 1 rings (SSSR count). The molecule has 2 atom stereocenters. The fraction of sp³-hybridized carbons (Fsp3) is 0.700. The lowest BCUT2D eigenvalue weighted by Crippen LogP contribution is -2.43. The lowest BCUT2D eigenvalue weighted by Gasteiger charge is -2.23. The van der Waals surface area contributed by atoms with E-state index in [0.29, 0.717) is 0 Å². The van der Waals surface area contributed by atoms with Crippen LogP contribution in [0, 0.1) is 5.92 Å². The highest BCUT2D eigenvalue weighted by atomic mass is 16.1. The van der Waals surface area contributed by atoms with Crippen molar-refractivity contribution in [3.8, 4) is 0 Å². The van der Waals surface area contributed by atoms with Crippen LogP contribution in [0.3, 0.4) is 0 Å². The summed E-state index contributed by atoms with van der Waals surface area (Å²) in [5, 5.41) is 6.12. The highest BCUT2D eigenvalue weighted by Gasteiger charge is 2.20. The van der Waals surface area contributed by atoms with E-state index in [2.05, 4.69) is 17.2 Å². The number of hydrogen-bond donors (Lipinski definition) is 2. The van der Waals surface area contributed by atoms with Gasteiger partial charge in [0, 0.05) is 12.6 Å². The second-order valence-corrected chi connectivity index (χ2v) is 3.58. The first-order chi connectivity index (χ1) is 6.24. The standard InChI is InChI=1S/C10H18N2O/c1-3-8(2)12-10(13)9-5-4-6-11-7-9/h3,8-9,11H,1,4-7H2,2H3,(H,12,13). The van der Waals surface area contributed by atoms with Crippen molar-refractivity contribution in [1.82, 2.24) is 10.6 Å². The first-order valence-electron chi connectivity index (χ1n) is 4.87. The second-order valence-electron chi connectivity index (χ2n) is 3.58. The molecule has 0 aromatic carbocycles. The van der Waals surface area contributed by atoms with Gasteiger partial charge in [-0.3, -0.25) is 4.79 Å². The van der Waals surface area contributed by atoms with Gasteiger partial charge in [-0.15, -0.1) is 6.58 Å². The molecule has 0 bridgehead atoms. The number of amides is 1. The predicted octanol–water partition coefficient (Wildman–Crippen LogP) is 0.677. The molecule has 2 unspecified atom stereocenters. The molecule has 3 nitrogen and oxygen atoms in total.